The first-order chi connectivity index (χ1) is 8.04. The van der Waals surface area contributed by atoms with E-state index >= 15 is 0 Å². The van der Waals surface area contributed by atoms with E-state index in [2.05, 4.69) is 6.92 Å². The molecule has 0 unspecified atom stereocenters. The summed E-state index contributed by atoms with van der Waals surface area (Å²) in [5.74, 6) is -0.141. The first-order valence-electron chi connectivity index (χ1n) is 6.19. The van der Waals surface area contributed by atoms with Crippen LogP contribution in [-0.2, 0) is 11.2 Å². The van der Waals surface area contributed by atoms with E-state index in [4.69, 9.17) is 0 Å². The average molecular weight is 232 g/mol. The number of benzene rings is 1. The van der Waals surface area contributed by atoms with Crippen LogP contribution in [0.25, 0.3) is 0 Å². The topological polar surface area (TPSA) is 34.1 Å². The van der Waals surface area contributed by atoms with E-state index in [9.17, 15) is 9.59 Å². The summed E-state index contributed by atoms with van der Waals surface area (Å²) in [5, 5.41) is 0. The third-order valence-corrected chi connectivity index (χ3v) is 2.79. The van der Waals surface area contributed by atoms with Crippen LogP contribution in [-0.4, -0.2) is 11.6 Å². The minimum absolute atomic E-state index is 0.00707. The molecule has 0 aliphatic rings. The molecule has 0 radical (unpaired) electrons. The fourth-order valence-corrected chi connectivity index (χ4v) is 1.61. The van der Waals surface area contributed by atoms with Crippen LogP contribution in [0, 0.1) is 5.92 Å². The summed E-state index contributed by atoms with van der Waals surface area (Å²) in [6, 6.07) is 7.58. The van der Waals surface area contributed by atoms with Crippen molar-refractivity contribution in [1.82, 2.24) is 0 Å². The van der Waals surface area contributed by atoms with Crippen molar-refractivity contribution in [3.8, 4) is 0 Å². The van der Waals surface area contributed by atoms with Gasteiger partial charge < -0.3 is 0 Å². The quantitative estimate of drug-likeness (QED) is 0.556. The van der Waals surface area contributed by atoms with Crippen LogP contribution >= 0.6 is 0 Å². The summed E-state index contributed by atoms with van der Waals surface area (Å²) in [7, 11) is 0. The number of ketones is 2. The molecule has 0 aliphatic heterocycles. The maximum atomic E-state index is 11.8. The van der Waals surface area contributed by atoms with Gasteiger partial charge >= 0.3 is 0 Å². The molecule has 1 rings (SSSR count). The number of rotatable bonds is 6. The van der Waals surface area contributed by atoms with Crippen molar-refractivity contribution in [2.75, 3.05) is 0 Å². The highest BCUT2D eigenvalue weighted by Crippen LogP contribution is 2.10. The Kier molecular flexibility index (Phi) is 5.08. The van der Waals surface area contributed by atoms with Gasteiger partial charge in [-0.1, -0.05) is 51.5 Å². The number of carbonyl (C=O) groups is 2. The molecule has 1 aromatic rings. The van der Waals surface area contributed by atoms with Gasteiger partial charge in [0.05, 0.1) is 6.42 Å². The van der Waals surface area contributed by atoms with Gasteiger partial charge in [-0.2, -0.15) is 0 Å². The molecular weight excluding hydrogens is 212 g/mol. The van der Waals surface area contributed by atoms with Gasteiger partial charge in [0.1, 0.15) is 5.78 Å². The summed E-state index contributed by atoms with van der Waals surface area (Å²) < 4.78 is 0. The molecule has 0 spiro atoms. The fraction of sp³-hybridized carbons (Fsp3) is 0.467. The molecule has 0 saturated carbocycles. The number of carbonyl (C=O) groups excluding carboxylic acids is 2. The second-order valence-electron chi connectivity index (χ2n) is 4.67. The Morgan fingerprint density at radius 2 is 1.71 bits per heavy atom. The Morgan fingerprint density at radius 3 is 2.18 bits per heavy atom. The Bertz CT molecular complexity index is 388. The van der Waals surface area contributed by atoms with Crippen molar-refractivity contribution < 1.29 is 9.59 Å². The zero-order valence-corrected chi connectivity index (χ0v) is 10.8. The lowest BCUT2D eigenvalue weighted by atomic mass is 9.98. The third-order valence-electron chi connectivity index (χ3n) is 2.79. The minimum atomic E-state index is -0.0771. The van der Waals surface area contributed by atoms with E-state index in [-0.39, 0.29) is 23.9 Å². The highest BCUT2D eigenvalue weighted by atomic mass is 16.1. The molecule has 0 aromatic heterocycles. The molecular formula is C15H20O2. The summed E-state index contributed by atoms with van der Waals surface area (Å²) >= 11 is 0. The summed E-state index contributed by atoms with van der Waals surface area (Å²) in [6.45, 7) is 5.76. The number of aryl methyl sites for hydroxylation is 1. The highest BCUT2D eigenvalue weighted by molar-refractivity contribution is 6.08. The van der Waals surface area contributed by atoms with Crippen LogP contribution < -0.4 is 0 Å². The molecule has 1 aromatic carbocycles. The Balaban J connectivity index is 2.66. The molecule has 0 N–H and O–H groups in total. The normalized spacial score (nSPS) is 10.6. The lowest BCUT2D eigenvalue weighted by Gasteiger charge is -2.04. The van der Waals surface area contributed by atoms with E-state index in [0.29, 0.717) is 5.56 Å². The van der Waals surface area contributed by atoms with Crippen molar-refractivity contribution >= 4 is 11.6 Å². The molecule has 0 bridgehead atoms. The first kappa shape index (κ1) is 13.6. The predicted octanol–water partition coefficient (Wildman–Crippen LogP) is 3.44. The maximum Gasteiger partial charge on any atom is 0.170 e. The molecule has 2 nitrogen and oxygen atoms in total. The van der Waals surface area contributed by atoms with Gasteiger partial charge in [0.25, 0.3) is 0 Å². The standard InChI is InChI=1S/C15H20O2/c1-4-5-12-6-8-13(9-7-12)15(17)10-14(16)11(2)3/h6-9,11H,4-5,10H2,1-3H3. The maximum absolute atomic E-state index is 11.8. The fourth-order valence-electron chi connectivity index (χ4n) is 1.61. The second kappa shape index (κ2) is 6.33. The van der Waals surface area contributed by atoms with E-state index in [1.807, 2.05) is 38.1 Å². The Labute approximate surface area is 103 Å². The smallest absolute Gasteiger partial charge is 0.170 e. The van der Waals surface area contributed by atoms with Gasteiger partial charge in [0.2, 0.25) is 0 Å². The molecule has 0 heterocycles. The molecule has 92 valence electrons. The van der Waals surface area contributed by atoms with Crippen molar-refractivity contribution in [1.29, 1.82) is 0 Å². The van der Waals surface area contributed by atoms with Gasteiger partial charge in [0, 0.05) is 11.5 Å². The van der Waals surface area contributed by atoms with E-state index < -0.39 is 0 Å². The Morgan fingerprint density at radius 1 is 1.12 bits per heavy atom. The second-order valence-corrected chi connectivity index (χ2v) is 4.67. The SMILES string of the molecule is CCCc1ccc(C(=O)CC(=O)C(C)C)cc1. The number of hydrogen-bond donors (Lipinski definition) is 0. The molecule has 0 saturated heterocycles. The predicted molar refractivity (Wildman–Crippen MR) is 69.2 cm³/mol. The summed E-state index contributed by atoms with van der Waals surface area (Å²) in [4.78, 5) is 23.3. The van der Waals surface area contributed by atoms with E-state index in [1.165, 1.54) is 5.56 Å². The van der Waals surface area contributed by atoms with Gasteiger partial charge in [0.15, 0.2) is 5.78 Å². The van der Waals surface area contributed by atoms with Crippen LogP contribution in [0.1, 0.15) is 49.5 Å². The van der Waals surface area contributed by atoms with Crippen LogP contribution in [0.5, 0.6) is 0 Å². The summed E-state index contributed by atoms with van der Waals surface area (Å²) in [6.07, 6.45) is 2.14. The van der Waals surface area contributed by atoms with E-state index in [0.717, 1.165) is 12.8 Å². The molecule has 2 heteroatoms. The molecule has 0 amide bonds. The van der Waals surface area contributed by atoms with Crippen LogP contribution in [0.3, 0.4) is 0 Å². The third kappa shape index (κ3) is 4.14. The first-order valence-corrected chi connectivity index (χ1v) is 6.19. The minimum Gasteiger partial charge on any atom is -0.299 e. The van der Waals surface area contributed by atoms with Gasteiger partial charge in [-0.3, -0.25) is 9.59 Å². The van der Waals surface area contributed by atoms with Crippen LogP contribution in [0.2, 0.25) is 0 Å². The van der Waals surface area contributed by atoms with Crippen molar-refractivity contribution in [3.63, 3.8) is 0 Å². The summed E-state index contributed by atoms with van der Waals surface area (Å²) in [5.41, 5.74) is 1.87. The highest BCUT2D eigenvalue weighted by Gasteiger charge is 2.14. The number of hydrogen-bond acceptors (Lipinski definition) is 2. The van der Waals surface area contributed by atoms with Gasteiger partial charge in [-0.25, -0.2) is 0 Å². The lowest BCUT2D eigenvalue weighted by Crippen LogP contribution is -2.13. The van der Waals surface area contributed by atoms with E-state index in [1.54, 1.807) is 0 Å². The molecule has 0 atom stereocenters. The van der Waals surface area contributed by atoms with Crippen LogP contribution in [0.15, 0.2) is 24.3 Å². The zero-order valence-electron chi connectivity index (χ0n) is 10.8. The average Bonchev–Trinajstić information content (AvgIpc) is 2.30. The Hall–Kier alpha value is -1.44. The molecule has 17 heavy (non-hydrogen) atoms. The van der Waals surface area contributed by atoms with Crippen LogP contribution in [0.4, 0.5) is 0 Å². The van der Waals surface area contributed by atoms with Crippen molar-refractivity contribution in [2.45, 2.75) is 40.0 Å². The van der Waals surface area contributed by atoms with Gasteiger partial charge in [-0.15, -0.1) is 0 Å². The van der Waals surface area contributed by atoms with Crippen molar-refractivity contribution in [2.24, 2.45) is 5.92 Å². The van der Waals surface area contributed by atoms with Crippen molar-refractivity contribution in [3.05, 3.63) is 35.4 Å². The molecule has 0 aliphatic carbocycles. The lowest BCUT2D eigenvalue weighted by molar-refractivity contribution is -0.121. The zero-order chi connectivity index (χ0) is 12.8. The largest absolute Gasteiger partial charge is 0.299 e. The number of Topliss-reactive ketones (excluding diaryl/α,β-unsaturated/α-hetero) is 2. The monoisotopic (exact) mass is 232 g/mol. The van der Waals surface area contributed by atoms with Gasteiger partial charge in [-0.05, 0) is 12.0 Å². The molecule has 0 fully saturated rings.